The van der Waals surface area contributed by atoms with Crippen molar-refractivity contribution in [3.8, 4) is 11.3 Å². The highest BCUT2D eigenvalue weighted by Crippen LogP contribution is 2.22. The van der Waals surface area contributed by atoms with Crippen LogP contribution in [0.25, 0.3) is 11.3 Å². The quantitative estimate of drug-likeness (QED) is 0.785. The highest BCUT2D eigenvalue weighted by atomic mass is 19.1. The van der Waals surface area contributed by atoms with Gasteiger partial charge in [0.2, 0.25) is 5.91 Å². The highest BCUT2D eigenvalue weighted by Gasteiger charge is 2.07. The van der Waals surface area contributed by atoms with Gasteiger partial charge in [-0.15, -0.1) is 0 Å². The Morgan fingerprint density at radius 2 is 1.95 bits per heavy atom. The first-order chi connectivity index (χ1) is 10.2. The number of hydrogen-bond donors (Lipinski definition) is 1. The van der Waals surface area contributed by atoms with E-state index in [0.29, 0.717) is 18.6 Å². The Morgan fingerprint density at radius 1 is 1.19 bits per heavy atom. The van der Waals surface area contributed by atoms with Crippen LogP contribution in [-0.2, 0) is 11.2 Å². The molecule has 21 heavy (non-hydrogen) atoms. The van der Waals surface area contributed by atoms with E-state index in [4.69, 9.17) is 4.42 Å². The van der Waals surface area contributed by atoms with Crippen LogP contribution in [0.4, 0.5) is 4.39 Å². The standard InChI is InChI=1S/C17H20FNO2/c1-2-3-12-19-17(20)11-9-15-8-10-16(21-15)13-4-6-14(18)7-5-13/h4-8,10H,2-3,9,11-12H2,1H3,(H,19,20). The maximum Gasteiger partial charge on any atom is 0.220 e. The first-order valence-corrected chi connectivity index (χ1v) is 7.30. The van der Waals surface area contributed by atoms with Gasteiger partial charge in [-0.2, -0.15) is 0 Å². The van der Waals surface area contributed by atoms with Crippen LogP contribution in [0.3, 0.4) is 0 Å². The summed E-state index contributed by atoms with van der Waals surface area (Å²) in [5.41, 5.74) is 0.829. The largest absolute Gasteiger partial charge is 0.461 e. The Bertz CT molecular complexity index is 575. The van der Waals surface area contributed by atoms with Crippen molar-refractivity contribution in [1.82, 2.24) is 5.32 Å². The molecule has 0 atom stereocenters. The predicted octanol–water partition coefficient (Wildman–Crippen LogP) is 3.93. The Hall–Kier alpha value is -2.10. The Morgan fingerprint density at radius 3 is 2.67 bits per heavy atom. The molecule has 0 aliphatic heterocycles. The molecule has 1 aromatic carbocycles. The zero-order valence-corrected chi connectivity index (χ0v) is 12.2. The van der Waals surface area contributed by atoms with Crippen molar-refractivity contribution in [2.45, 2.75) is 32.6 Å². The topological polar surface area (TPSA) is 42.2 Å². The number of aryl methyl sites for hydroxylation is 1. The fraction of sp³-hybridized carbons (Fsp3) is 0.353. The van der Waals surface area contributed by atoms with Gasteiger partial charge in [0, 0.05) is 24.9 Å². The molecule has 2 aromatic rings. The highest BCUT2D eigenvalue weighted by molar-refractivity contribution is 5.76. The lowest BCUT2D eigenvalue weighted by atomic mass is 10.2. The van der Waals surface area contributed by atoms with Crippen molar-refractivity contribution >= 4 is 5.91 Å². The lowest BCUT2D eigenvalue weighted by Crippen LogP contribution is -2.24. The van der Waals surface area contributed by atoms with E-state index in [2.05, 4.69) is 12.2 Å². The van der Waals surface area contributed by atoms with Crippen LogP contribution >= 0.6 is 0 Å². The molecule has 3 nitrogen and oxygen atoms in total. The van der Waals surface area contributed by atoms with Crippen LogP contribution in [0.15, 0.2) is 40.8 Å². The number of rotatable bonds is 7. The van der Waals surface area contributed by atoms with Gasteiger partial charge in [0.1, 0.15) is 17.3 Å². The number of furan rings is 1. The zero-order valence-electron chi connectivity index (χ0n) is 12.2. The molecule has 0 radical (unpaired) electrons. The third-order valence-electron chi connectivity index (χ3n) is 3.24. The lowest BCUT2D eigenvalue weighted by molar-refractivity contribution is -0.121. The van der Waals surface area contributed by atoms with Gasteiger partial charge in [0.05, 0.1) is 0 Å². The average molecular weight is 289 g/mol. The number of nitrogens with one attached hydrogen (secondary N) is 1. The van der Waals surface area contributed by atoms with E-state index < -0.39 is 0 Å². The molecular weight excluding hydrogens is 269 g/mol. The van der Waals surface area contributed by atoms with E-state index in [1.54, 1.807) is 12.1 Å². The maximum absolute atomic E-state index is 12.9. The SMILES string of the molecule is CCCCNC(=O)CCc1ccc(-c2ccc(F)cc2)o1. The molecule has 4 heteroatoms. The van der Waals surface area contributed by atoms with Gasteiger partial charge >= 0.3 is 0 Å². The van der Waals surface area contributed by atoms with Crippen LogP contribution in [0.1, 0.15) is 31.9 Å². The van der Waals surface area contributed by atoms with Crippen molar-refractivity contribution < 1.29 is 13.6 Å². The van der Waals surface area contributed by atoms with Crippen molar-refractivity contribution in [1.29, 1.82) is 0 Å². The molecule has 0 aliphatic carbocycles. The first kappa shape index (κ1) is 15.3. The monoisotopic (exact) mass is 289 g/mol. The second kappa shape index (κ2) is 7.62. The number of halogens is 1. The summed E-state index contributed by atoms with van der Waals surface area (Å²) in [4.78, 5) is 11.6. The third kappa shape index (κ3) is 4.74. The first-order valence-electron chi connectivity index (χ1n) is 7.30. The van der Waals surface area contributed by atoms with Gasteiger partial charge in [-0.3, -0.25) is 4.79 Å². The smallest absolute Gasteiger partial charge is 0.220 e. The molecular formula is C17H20FNO2. The fourth-order valence-electron chi connectivity index (χ4n) is 2.01. The van der Waals surface area contributed by atoms with E-state index >= 15 is 0 Å². The minimum Gasteiger partial charge on any atom is -0.461 e. The van der Waals surface area contributed by atoms with Crippen molar-refractivity contribution in [2.75, 3.05) is 6.54 Å². The van der Waals surface area contributed by atoms with Gasteiger partial charge in [0.15, 0.2) is 0 Å². The average Bonchev–Trinajstić information content (AvgIpc) is 2.95. The van der Waals surface area contributed by atoms with Gasteiger partial charge < -0.3 is 9.73 Å². The van der Waals surface area contributed by atoms with Gasteiger partial charge in [-0.05, 0) is 42.8 Å². The molecule has 1 heterocycles. The molecule has 1 aromatic heterocycles. The molecule has 0 saturated heterocycles. The number of carbonyl (C=O) groups is 1. The van der Waals surface area contributed by atoms with Crippen molar-refractivity contribution in [2.24, 2.45) is 0 Å². The van der Waals surface area contributed by atoms with E-state index in [-0.39, 0.29) is 11.7 Å². The Balaban J connectivity index is 1.86. The summed E-state index contributed by atoms with van der Waals surface area (Å²) >= 11 is 0. The van der Waals surface area contributed by atoms with E-state index in [9.17, 15) is 9.18 Å². The zero-order chi connectivity index (χ0) is 15.1. The second-order valence-electron chi connectivity index (χ2n) is 4.98. The summed E-state index contributed by atoms with van der Waals surface area (Å²) in [5, 5.41) is 2.88. The second-order valence-corrected chi connectivity index (χ2v) is 4.98. The summed E-state index contributed by atoms with van der Waals surface area (Å²) in [7, 11) is 0. The summed E-state index contributed by atoms with van der Waals surface area (Å²) in [6.45, 7) is 2.82. The van der Waals surface area contributed by atoms with E-state index in [0.717, 1.165) is 30.7 Å². The number of benzene rings is 1. The molecule has 0 bridgehead atoms. The summed E-state index contributed by atoms with van der Waals surface area (Å²) in [6, 6.07) is 9.86. The Kier molecular flexibility index (Phi) is 5.55. The van der Waals surface area contributed by atoms with Gasteiger partial charge in [-0.1, -0.05) is 13.3 Å². The van der Waals surface area contributed by atoms with Crippen LogP contribution < -0.4 is 5.32 Å². The molecule has 0 spiro atoms. The molecule has 1 N–H and O–H groups in total. The molecule has 0 saturated carbocycles. The normalized spacial score (nSPS) is 10.6. The van der Waals surface area contributed by atoms with Crippen LogP contribution in [-0.4, -0.2) is 12.5 Å². The fourth-order valence-corrected chi connectivity index (χ4v) is 2.01. The van der Waals surface area contributed by atoms with Gasteiger partial charge in [-0.25, -0.2) is 4.39 Å². The lowest BCUT2D eigenvalue weighted by Gasteiger charge is -2.02. The van der Waals surface area contributed by atoms with Crippen LogP contribution in [0.2, 0.25) is 0 Å². The number of hydrogen-bond acceptors (Lipinski definition) is 2. The van der Waals surface area contributed by atoms with Crippen molar-refractivity contribution in [3.05, 3.63) is 48.0 Å². The third-order valence-corrected chi connectivity index (χ3v) is 3.24. The molecule has 0 fully saturated rings. The summed E-state index contributed by atoms with van der Waals surface area (Å²) in [5.74, 6) is 1.23. The van der Waals surface area contributed by atoms with Crippen LogP contribution in [0, 0.1) is 5.82 Å². The van der Waals surface area contributed by atoms with E-state index in [1.165, 1.54) is 12.1 Å². The molecule has 112 valence electrons. The van der Waals surface area contributed by atoms with E-state index in [1.807, 2.05) is 12.1 Å². The number of amides is 1. The van der Waals surface area contributed by atoms with Crippen LogP contribution in [0.5, 0.6) is 0 Å². The minimum atomic E-state index is -0.269. The molecule has 0 aliphatic rings. The molecule has 0 unspecified atom stereocenters. The van der Waals surface area contributed by atoms with Crippen molar-refractivity contribution in [3.63, 3.8) is 0 Å². The minimum absolute atomic E-state index is 0.0446. The molecule has 1 amide bonds. The number of carbonyl (C=O) groups excluding carboxylic acids is 1. The van der Waals surface area contributed by atoms with Gasteiger partial charge in [0.25, 0.3) is 0 Å². The Labute approximate surface area is 124 Å². The number of unbranched alkanes of at least 4 members (excludes halogenated alkanes) is 1. The predicted molar refractivity (Wildman–Crippen MR) is 80.3 cm³/mol. The maximum atomic E-state index is 12.9. The summed E-state index contributed by atoms with van der Waals surface area (Å²) < 4.78 is 18.6. The molecule has 2 rings (SSSR count). The summed E-state index contributed by atoms with van der Waals surface area (Å²) in [6.07, 6.45) is 3.06.